The normalized spacial score (nSPS) is 10.6. The molecule has 0 amide bonds. The average molecular weight is 314 g/mol. The highest BCUT2D eigenvalue weighted by Gasteiger charge is 2.10. The minimum absolute atomic E-state index is 0.760. The van der Waals surface area contributed by atoms with Gasteiger partial charge in [-0.3, -0.25) is 0 Å². The first-order valence-electron chi connectivity index (χ1n) is 7.44. The Morgan fingerprint density at radius 2 is 1.26 bits per heavy atom. The lowest BCUT2D eigenvalue weighted by atomic mass is 10.1. The number of nitrogens with zero attached hydrogens (tertiary/aromatic N) is 2. The molecule has 0 N–H and O–H groups in total. The molecule has 0 aliphatic rings. The summed E-state index contributed by atoms with van der Waals surface area (Å²) >= 11 is 1.69. The fourth-order valence-electron chi connectivity index (χ4n) is 2.47. The van der Waals surface area contributed by atoms with Gasteiger partial charge in [0.2, 0.25) is 0 Å². The lowest BCUT2D eigenvalue weighted by molar-refractivity contribution is 1.19. The second-order valence-electron chi connectivity index (χ2n) is 5.17. The molecule has 0 saturated heterocycles. The van der Waals surface area contributed by atoms with Crippen molar-refractivity contribution < 1.29 is 0 Å². The Labute approximate surface area is 139 Å². The predicted molar refractivity (Wildman–Crippen MR) is 96.2 cm³/mol. The third kappa shape index (κ3) is 2.91. The Hall–Kier alpha value is -2.78. The van der Waals surface area contributed by atoms with Gasteiger partial charge in [-0.2, -0.15) is 0 Å². The topological polar surface area (TPSA) is 25.8 Å². The van der Waals surface area contributed by atoms with E-state index in [1.807, 2.05) is 54.6 Å². The molecule has 2 heterocycles. The zero-order valence-corrected chi connectivity index (χ0v) is 13.2. The summed E-state index contributed by atoms with van der Waals surface area (Å²) in [4.78, 5) is 10.7. The molecule has 0 atom stereocenters. The summed E-state index contributed by atoms with van der Waals surface area (Å²) in [5.41, 5.74) is 4.04. The molecule has 4 aromatic rings. The lowest BCUT2D eigenvalue weighted by Gasteiger charge is -2.08. The summed E-state index contributed by atoms with van der Waals surface area (Å²) in [5.74, 6) is 0.760. The summed E-state index contributed by atoms with van der Waals surface area (Å²) in [6, 6.07) is 26.6. The van der Waals surface area contributed by atoms with E-state index in [9.17, 15) is 0 Å². The van der Waals surface area contributed by atoms with Crippen LogP contribution < -0.4 is 0 Å². The predicted octanol–water partition coefficient (Wildman–Crippen LogP) is 5.54. The summed E-state index contributed by atoms with van der Waals surface area (Å²) < 4.78 is 0. The number of rotatable bonds is 3. The van der Waals surface area contributed by atoms with Crippen molar-refractivity contribution >= 4 is 11.3 Å². The van der Waals surface area contributed by atoms with E-state index >= 15 is 0 Å². The zero-order chi connectivity index (χ0) is 15.5. The average Bonchev–Trinajstić information content (AvgIpc) is 3.18. The maximum atomic E-state index is 4.78. The maximum Gasteiger partial charge on any atom is 0.160 e. The molecule has 0 fully saturated rings. The van der Waals surface area contributed by atoms with E-state index in [-0.39, 0.29) is 0 Å². The van der Waals surface area contributed by atoms with E-state index in [0.29, 0.717) is 0 Å². The number of hydrogen-bond donors (Lipinski definition) is 0. The van der Waals surface area contributed by atoms with Gasteiger partial charge in [0.25, 0.3) is 0 Å². The second kappa shape index (κ2) is 6.15. The Morgan fingerprint density at radius 1 is 0.609 bits per heavy atom. The van der Waals surface area contributed by atoms with Crippen LogP contribution in [0.1, 0.15) is 0 Å². The smallest absolute Gasteiger partial charge is 0.160 e. The van der Waals surface area contributed by atoms with Crippen LogP contribution in [0.5, 0.6) is 0 Å². The number of aromatic nitrogens is 2. The summed E-state index contributed by atoms with van der Waals surface area (Å²) in [6.07, 6.45) is 0. The molecule has 0 saturated carbocycles. The second-order valence-corrected chi connectivity index (χ2v) is 6.12. The van der Waals surface area contributed by atoms with Crippen LogP contribution in [0.4, 0.5) is 0 Å². The molecule has 0 bridgehead atoms. The molecule has 2 aromatic carbocycles. The quantitative estimate of drug-likeness (QED) is 0.496. The molecule has 4 rings (SSSR count). The third-order valence-electron chi connectivity index (χ3n) is 3.60. The first-order chi connectivity index (χ1) is 11.4. The molecule has 23 heavy (non-hydrogen) atoms. The van der Waals surface area contributed by atoms with Crippen molar-refractivity contribution in [2.24, 2.45) is 0 Å². The van der Waals surface area contributed by atoms with Gasteiger partial charge in [0.05, 0.1) is 16.3 Å². The highest BCUT2D eigenvalue weighted by molar-refractivity contribution is 7.13. The molecule has 0 radical (unpaired) electrons. The molecule has 2 nitrogen and oxygen atoms in total. The standard InChI is InChI=1S/C20H14N2S/c1-3-8-15(9-4-1)17-14-18(19-12-7-13-23-19)22-20(21-17)16-10-5-2-6-11-16/h1-14H. The van der Waals surface area contributed by atoms with E-state index in [4.69, 9.17) is 9.97 Å². The van der Waals surface area contributed by atoms with Crippen LogP contribution in [0, 0.1) is 0 Å². The Kier molecular flexibility index (Phi) is 3.70. The van der Waals surface area contributed by atoms with Gasteiger partial charge in [0.15, 0.2) is 5.82 Å². The first-order valence-corrected chi connectivity index (χ1v) is 8.32. The Balaban J connectivity index is 1.91. The van der Waals surface area contributed by atoms with E-state index in [1.165, 1.54) is 0 Å². The monoisotopic (exact) mass is 314 g/mol. The molecule has 0 aliphatic heterocycles. The largest absolute Gasteiger partial charge is 0.228 e. The van der Waals surface area contributed by atoms with Gasteiger partial charge in [-0.1, -0.05) is 66.7 Å². The van der Waals surface area contributed by atoms with Crippen LogP contribution in [0.3, 0.4) is 0 Å². The van der Waals surface area contributed by atoms with Crippen LogP contribution in [-0.2, 0) is 0 Å². The van der Waals surface area contributed by atoms with E-state index < -0.39 is 0 Å². The van der Waals surface area contributed by atoms with E-state index in [2.05, 4.69) is 29.6 Å². The van der Waals surface area contributed by atoms with Crippen molar-refractivity contribution in [2.75, 3.05) is 0 Å². The molecular weight excluding hydrogens is 300 g/mol. The van der Waals surface area contributed by atoms with Gasteiger partial charge in [-0.25, -0.2) is 9.97 Å². The number of thiophene rings is 1. The van der Waals surface area contributed by atoms with E-state index in [1.54, 1.807) is 11.3 Å². The SMILES string of the molecule is c1ccc(-c2cc(-c3cccs3)nc(-c3ccccc3)n2)cc1. The summed E-state index contributed by atoms with van der Waals surface area (Å²) in [6.45, 7) is 0. The van der Waals surface area contributed by atoms with Crippen molar-refractivity contribution in [1.82, 2.24) is 9.97 Å². The lowest BCUT2D eigenvalue weighted by Crippen LogP contribution is -1.94. The minimum atomic E-state index is 0.760. The molecule has 2 aromatic heterocycles. The van der Waals surface area contributed by atoms with Crippen LogP contribution in [-0.4, -0.2) is 9.97 Å². The van der Waals surface area contributed by atoms with Gasteiger partial charge in [-0.15, -0.1) is 11.3 Å². The maximum absolute atomic E-state index is 4.78. The molecule has 0 unspecified atom stereocenters. The van der Waals surface area contributed by atoms with Crippen molar-refractivity contribution in [1.29, 1.82) is 0 Å². The van der Waals surface area contributed by atoms with Crippen LogP contribution in [0.2, 0.25) is 0 Å². The van der Waals surface area contributed by atoms with Gasteiger partial charge >= 0.3 is 0 Å². The molecule has 0 spiro atoms. The fourth-order valence-corrected chi connectivity index (χ4v) is 3.16. The van der Waals surface area contributed by atoms with Gasteiger partial charge in [0.1, 0.15) is 0 Å². The van der Waals surface area contributed by atoms with Gasteiger partial charge in [0, 0.05) is 11.1 Å². The summed E-state index contributed by atoms with van der Waals surface area (Å²) in [5, 5.41) is 2.07. The van der Waals surface area contributed by atoms with Crippen LogP contribution >= 0.6 is 11.3 Å². The van der Waals surface area contributed by atoms with Gasteiger partial charge in [-0.05, 0) is 17.5 Å². The van der Waals surface area contributed by atoms with Crippen molar-refractivity contribution in [3.05, 3.63) is 84.2 Å². The number of hydrogen-bond acceptors (Lipinski definition) is 3. The number of benzene rings is 2. The van der Waals surface area contributed by atoms with Crippen molar-refractivity contribution in [3.8, 4) is 33.2 Å². The Morgan fingerprint density at radius 3 is 1.91 bits per heavy atom. The molecular formula is C20H14N2S. The van der Waals surface area contributed by atoms with Crippen LogP contribution in [0.15, 0.2) is 84.2 Å². The summed E-state index contributed by atoms with van der Waals surface area (Å²) in [7, 11) is 0. The minimum Gasteiger partial charge on any atom is -0.228 e. The van der Waals surface area contributed by atoms with Crippen molar-refractivity contribution in [3.63, 3.8) is 0 Å². The molecule has 110 valence electrons. The molecule has 0 aliphatic carbocycles. The Bertz CT molecular complexity index is 843. The highest BCUT2D eigenvalue weighted by atomic mass is 32.1. The van der Waals surface area contributed by atoms with Crippen LogP contribution in [0.25, 0.3) is 33.2 Å². The first kappa shape index (κ1) is 13.9. The zero-order valence-electron chi connectivity index (χ0n) is 12.4. The molecule has 3 heteroatoms. The van der Waals surface area contributed by atoms with Crippen molar-refractivity contribution in [2.45, 2.75) is 0 Å². The van der Waals surface area contributed by atoms with E-state index in [0.717, 1.165) is 33.2 Å². The third-order valence-corrected chi connectivity index (χ3v) is 4.49. The fraction of sp³-hybridized carbons (Fsp3) is 0. The van der Waals surface area contributed by atoms with Gasteiger partial charge < -0.3 is 0 Å². The highest BCUT2D eigenvalue weighted by Crippen LogP contribution is 2.29.